The van der Waals surface area contributed by atoms with E-state index >= 15 is 0 Å². The maximum atomic E-state index is 12.2. The van der Waals surface area contributed by atoms with Crippen molar-refractivity contribution in [1.82, 2.24) is 0 Å². The van der Waals surface area contributed by atoms with Gasteiger partial charge in [0, 0.05) is 30.4 Å². The highest BCUT2D eigenvalue weighted by molar-refractivity contribution is 8.03. The van der Waals surface area contributed by atoms with Gasteiger partial charge in [0.15, 0.2) is 6.29 Å². The van der Waals surface area contributed by atoms with Gasteiger partial charge in [0.25, 0.3) is 0 Å². The Kier molecular flexibility index (Phi) is 11.8. The zero-order valence-corrected chi connectivity index (χ0v) is 24.5. The fraction of sp³-hybridized carbons (Fsp3) is 0.714. The molecular weight excluding hydrogens is 460 g/mol. The minimum atomic E-state index is -1.99. The first kappa shape index (κ1) is 29.6. The Morgan fingerprint density at radius 1 is 1.03 bits per heavy atom. The van der Waals surface area contributed by atoms with E-state index in [0.29, 0.717) is 29.7 Å². The molecule has 0 radical (unpaired) electrons. The van der Waals surface area contributed by atoms with Gasteiger partial charge in [-0.3, -0.25) is 0 Å². The van der Waals surface area contributed by atoms with Gasteiger partial charge < -0.3 is 19.0 Å². The first-order valence-electron chi connectivity index (χ1n) is 13.0. The lowest BCUT2D eigenvalue weighted by Crippen LogP contribution is -2.48. The molecule has 1 aromatic rings. The van der Waals surface area contributed by atoms with Gasteiger partial charge in [0.05, 0.1) is 12.2 Å². The second-order valence-electron chi connectivity index (χ2n) is 10.6. The Labute approximate surface area is 214 Å². The van der Waals surface area contributed by atoms with Crippen LogP contribution in [0.3, 0.4) is 0 Å². The number of hydrogen-bond acceptors (Lipinski definition) is 5. The lowest BCUT2D eigenvalue weighted by atomic mass is 9.73. The van der Waals surface area contributed by atoms with E-state index in [9.17, 15) is 5.11 Å². The van der Waals surface area contributed by atoms with Crippen LogP contribution in [0.2, 0.25) is 16.6 Å². The van der Waals surface area contributed by atoms with Crippen LogP contribution in [-0.2, 0) is 13.9 Å². The average molecular weight is 509 g/mol. The summed E-state index contributed by atoms with van der Waals surface area (Å²) in [4.78, 5) is 2.15. The smallest absolute Gasteiger partial charge is 0.200 e. The molecule has 0 heterocycles. The molecule has 1 aromatic carbocycles. The molecule has 0 aromatic heterocycles. The highest BCUT2D eigenvalue weighted by Gasteiger charge is 2.46. The van der Waals surface area contributed by atoms with E-state index in [4.69, 9.17) is 13.9 Å². The lowest BCUT2D eigenvalue weighted by Gasteiger charge is -2.43. The van der Waals surface area contributed by atoms with Crippen molar-refractivity contribution in [3.63, 3.8) is 0 Å². The fourth-order valence-corrected chi connectivity index (χ4v) is 12.6. The van der Waals surface area contributed by atoms with Crippen molar-refractivity contribution in [3.05, 3.63) is 41.3 Å². The zero-order valence-electron chi connectivity index (χ0n) is 22.7. The van der Waals surface area contributed by atoms with E-state index in [-0.39, 0.29) is 12.2 Å². The molecule has 0 amide bonds. The molecule has 0 spiro atoms. The molecule has 1 aliphatic rings. The van der Waals surface area contributed by atoms with E-state index in [1.165, 1.54) is 0 Å². The van der Waals surface area contributed by atoms with Crippen molar-refractivity contribution in [2.45, 2.75) is 107 Å². The molecule has 4 nitrogen and oxygen atoms in total. The second kappa shape index (κ2) is 13.6. The molecular formula is C28H48O4SSi. The van der Waals surface area contributed by atoms with Crippen LogP contribution >= 0.6 is 11.8 Å². The number of hydrogen-bond donors (Lipinski definition) is 1. The molecule has 2 atom stereocenters. The van der Waals surface area contributed by atoms with Gasteiger partial charge in [-0.2, -0.15) is 0 Å². The molecule has 34 heavy (non-hydrogen) atoms. The molecule has 0 aliphatic heterocycles. The van der Waals surface area contributed by atoms with Gasteiger partial charge in [0.1, 0.15) is 0 Å². The predicted octanol–water partition coefficient (Wildman–Crippen LogP) is 7.79. The molecule has 0 bridgehead atoms. The summed E-state index contributed by atoms with van der Waals surface area (Å²) in [6.07, 6.45) is 6.42. The summed E-state index contributed by atoms with van der Waals surface area (Å²) in [7, 11) is 1.36. The van der Waals surface area contributed by atoms with Crippen molar-refractivity contribution >= 4 is 20.1 Å². The van der Waals surface area contributed by atoms with Crippen molar-refractivity contribution in [3.8, 4) is 0 Å². The minimum Gasteiger partial charge on any atom is -0.412 e. The second-order valence-corrected chi connectivity index (χ2v) is 17.2. The summed E-state index contributed by atoms with van der Waals surface area (Å²) in [5, 5.41) is 12.2. The van der Waals surface area contributed by atoms with Gasteiger partial charge in [-0.05, 0) is 53.6 Å². The topological polar surface area (TPSA) is 47.9 Å². The largest absolute Gasteiger partial charge is 0.412 e. The van der Waals surface area contributed by atoms with Gasteiger partial charge in [0.2, 0.25) is 8.32 Å². The van der Waals surface area contributed by atoms with E-state index in [2.05, 4.69) is 71.9 Å². The summed E-state index contributed by atoms with van der Waals surface area (Å²) in [5.41, 5.74) is 0.678. The number of methoxy groups -OCH3 is 2. The summed E-state index contributed by atoms with van der Waals surface area (Å²) in [5.74, 6) is 0.0795. The maximum Gasteiger partial charge on any atom is 0.200 e. The first-order valence-corrected chi connectivity index (χ1v) is 15.9. The fourth-order valence-electron chi connectivity index (χ4n) is 6.07. The van der Waals surface area contributed by atoms with Crippen molar-refractivity contribution in [2.24, 2.45) is 5.92 Å². The molecule has 1 saturated carbocycles. The normalized spacial score (nSPS) is 22.4. The molecule has 2 rings (SSSR count). The zero-order chi connectivity index (χ0) is 25.4. The Morgan fingerprint density at radius 3 is 2.15 bits per heavy atom. The van der Waals surface area contributed by atoms with Crippen LogP contribution in [0.25, 0.3) is 0 Å². The predicted molar refractivity (Wildman–Crippen MR) is 147 cm³/mol. The average Bonchev–Trinajstić information content (AvgIpc) is 2.80. The minimum absolute atomic E-state index is 0.0795. The molecule has 194 valence electrons. The van der Waals surface area contributed by atoms with Crippen LogP contribution < -0.4 is 0 Å². The van der Waals surface area contributed by atoms with E-state index in [1.54, 1.807) is 26.0 Å². The number of rotatable bonds is 13. The summed E-state index contributed by atoms with van der Waals surface area (Å²) in [6.45, 7) is 14.4. The highest BCUT2D eigenvalue weighted by atomic mass is 32.2. The molecule has 1 N–H and O–H groups in total. The highest BCUT2D eigenvalue weighted by Crippen LogP contribution is 2.48. The monoisotopic (exact) mass is 508 g/mol. The van der Waals surface area contributed by atoms with Gasteiger partial charge >= 0.3 is 0 Å². The van der Waals surface area contributed by atoms with Gasteiger partial charge in [-0.25, -0.2) is 0 Å². The van der Waals surface area contributed by atoms with Crippen molar-refractivity contribution in [1.29, 1.82) is 0 Å². The van der Waals surface area contributed by atoms with Crippen LogP contribution in [0.15, 0.2) is 46.2 Å². The maximum absolute atomic E-state index is 12.2. The lowest BCUT2D eigenvalue weighted by molar-refractivity contribution is -0.134. The third-order valence-corrected chi connectivity index (χ3v) is 15.1. The molecule has 1 aliphatic carbocycles. The number of ether oxygens (including phenoxy) is 2. The van der Waals surface area contributed by atoms with Gasteiger partial charge in [-0.1, -0.05) is 84.3 Å². The first-order chi connectivity index (χ1) is 16.1. The standard InChI is InChI=1S/C28H48O4SSi/c1-21(2)34(22(3)4,23(5)6)32-19-17-26(33-25-15-10-9-11-16-25)28(29)18-13-12-14-24(28)20-27(30-7)31-8/h9-11,15-17,21-24,27,29H,12-14,18-20H2,1-8H3. The third-order valence-electron chi connectivity index (χ3n) is 7.75. The van der Waals surface area contributed by atoms with Crippen LogP contribution in [0.5, 0.6) is 0 Å². The summed E-state index contributed by atoms with van der Waals surface area (Å²) >= 11 is 1.68. The molecule has 1 fully saturated rings. The van der Waals surface area contributed by atoms with Crippen molar-refractivity contribution in [2.75, 3.05) is 20.8 Å². The number of thioether (sulfide) groups is 1. The molecule has 0 saturated heterocycles. The van der Waals surface area contributed by atoms with Crippen molar-refractivity contribution < 1.29 is 19.0 Å². The van der Waals surface area contributed by atoms with E-state index in [1.807, 2.05) is 6.07 Å². The quantitative estimate of drug-likeness (QED) is 0.167. The Hall–Kier alpha value is -0.633. The summed E-state index contributed by atoms with van der Waals surface area (Å²) in [6, 6.07) is 10.4. The SMILES string of the molecule is COC(CC1CCCCC1(O)C(=CCO[Si](C(C)C)(C(C)C)C(C)C)Sc1ccccc1)OC. The third kappa shape index (κ3) is 6.98. The van der Waals surface area contributed by atoms with Crippen LogP contribution in [-0.4, -0.2) is 46.1 Å². The van der Waals surface area contributed by atoms with Gasteiger partial charge in [-0.15, -0.1) is 0 Å². The number of benzene rings is 1. The van der Waals surface area contributed by atoms with Crippen LogP contribution in [0.1, 0.15) is 73.6 Å². The Bertz CT molecular complexity index is 726. The summed E-state index contributed by atoms with van der Waals surface area (Å²) < 4.78 is 17.9. The molecule has 2 unspecified atom stereocenters. The van der Waals surface area contributed by atoms with Crippen LogP contribution in [0, 0.1) is 5.92 Å². The van der Waals surface area contributed by atoms with Crippen LogP contribution in [0.4, 0.5) is 0 Å². The Morgan fingerprint density at radius 2 is 1.62 bits per heavy atom. The molecule has 6 heteroatoms. The van der Waals surface area contributed by atoms with E-state index < -0.39 is 13.9 Å². The number of aliphatic hydroxyl groups is 1. The Balaban J connectivity index is 2.40. The van der Waals surface area contributed by atoms with E-state index in [0.717, 1.165) is 35.5 Å².